The van der Waals surface area contributed by atoms with Crippen LogP contribution in [0.5, 0.6) is 0 Å². The average Bonchev–Trinajstić information content (AvgIpc) is 2.28. The molecule has 1 N–H and O–H groups in total. The lowest BCUT2D eigenvalue weighted by Gasteiger charge is -2.14. The van der Waals surface area contributed by atoms with Crippen molar-refractivity contribution in [3.63, 3.8) is 0 Å². The van der Waals surface area contributed by atoms with E-state index in [1.807, 2.05) is 19.1 Å². The first-order valence-electron chi connectivity index (χ1n) is 5.40. The molecule has 0 fully saturated rings. The van der Waals surface area contributed by atoms with E-state index in [0.717, 1.165) is 12.0 Å². The van der Waals surface area contributed by atoms with Crippen molar-refractivity contribution in [1.29, 1.82) is 0 Å². The molecule has 2 aromatic rings. The van der Waals surface area contributed by atoms with Crippen molar-refractivity contribution in [1.82, 2.24) is 0 Å². The Morgan fingerprint density at radius 3 is 2.60 bits per heavy atom. The van der Waals surface area contributed by atoms with Gasteiger partial charge in [0.15, 0.2) is 0 Å². The third kappa shape index (κ3) is 1.75. The summed E-state index contributed by atoms with van der Waals surface area (Å²) in [6.45, 7) is 4.06. The van der Waals surface area contributed by atoms with E-state index in [9.17, 15) is 5.11 Å². The Kier molecular flexibility index (Phi) is 2.74. The van der Waals surface area contributed by atoms with Crippen molar-refractivity contribution < 1.29 is 5.11 Å². The fourth-order valence-electron chi connectivity index (χ4n) is 2.05. The molecule has 0 bridgehead atoms. The van der Waals surface area contributed by atoms with E-state index in [1.54, 1.807) is 0 Å². The zero-order valence-corrected chi connectivity index (χ0v) is 9.20. The number of hydrogen-bond donors (Lipinski definition) is 1. The highest BCUT2D eigenvalue weighted by molar-refractivity contribution is 5.87. The summed E-state index contributed by atoms with van der Waals surface area (Å²) < 4.78 is 0. The van der Waals surface area contributed by atoms with Gasteiger partial charge in [0, 0.05) is 0 Å². The highest BCUT2D eigenvalue weighted by atomic mass is 16.3. The van der Waals surface area contributed by atoms with Gasteiger partial charge in [-0.25, -0.2) is 0 Å². The highest BCUT2D eigenvalue weighted by Gasteiger charge is 2.11. The van der Waals surface area contributed by atoms with Crippen LogP contribution in [0.25, 0.3) is 10.8 Å². The molecule has 1 atom stereocenters. The topological polar surface area (TPSA) is 20.2 Å². The standard InChI is InChI=1S/C14H16O/c1-3-13(15)14-10(2)8-9-11-6-4-5-7-12(11)14/h4-9,13,15H,3H2,1-2H3. The van der Waals surface area contributed by atoms with Crippen molar-refractivity contribution in [3.05, 3.63) is 47.5 Å². The van der Waals surface area contributed by atoms with Gasteiger partial charge < -0.3 is 5.11 Å². The molecular weight excluding hydrogens is 184 g/mol. The Labute approximate surface area is 90.4 Å². The number of fused-ring (bicyclic) bond motifs is 1. The van der Waals surface area contributed by atoms with E-state index in [1.165, 1.54) is 16.3 Å². The van der Waals surface area contributed by atoms with Crippen LogP contribution in [0.3, 0.4) is 0 Å². The monoisotopic (exact) mass is 200 g/mol. The highest BCUT2D eigenvalue weighted by Crippen LogP contribution is 2.29. The number of benzene rings is 2. The summed E-state index contributed by atoms with van der Waals surface area (Å²) in [5.74, 6) is 0. The normalized spacial score (nSPS) is 13.0. The Morgan fingerprint density at radius 1 is 1.13 bits per heavy atom. The van der Waals surface area contributed by atoms with Crippen molar-refractivity contribution in [2.24, 2.45) is 0 Å². The summed E-state index contributed by atoms with van der Waals surface area (Å²) in [6, 6.07) is 12.4. The predicted octanol–water partition coefficient (Wildman–Crippen LogP) is 3.59. The van der Waals surface area contributed by atoms with Crippen molar-refractivity contribution >= 4 is 10.8 Å². The van der Waals surface area contributed by atoms with Gasteiger partial charge in [0.2, 0.25) is 0 Å². The molecule has 1 unspecified atom stereocenters. The minimum atomic E-state index is -0.351. The summed E-state index contributed by atoms with van der Waals surface area (Å²) in [6.07, 6.45) is 0.408. The summed E-state index contributed by atoms with van der Waals surface area (Å²) in [5.41, 5.74) is 2.25. The lowest BCUT2D eigenvalue weighted by atomic mass is 9.95. The molecule has 2 rings (SSSR count). The van der Waals surface area contributed by atoms with Gasteiger partial charge in [-0.15, -0.1) is 0 Å². The van der Waals surface area contributed by atoms with Crippen LogP contribution in [0.15, 0.2) is 36.4 Å². The van der Waals surface area contributed by atoms with E-state index in [0.29, 0.717) is 0 Å². The van der Waals surface area contributed by atoms with E-state index < -0.39 is 0 Å². The van der Waals surface area contributed by atoms with Crippen LogP contribution in [-0.2, 0) is 0 Å². The first-order chi connectivity index (χ1) is 7.24. The fourth-order valence-corrected chi connectivity index (χ4v) is 2.05. The second-order valence-electron chi connectivity index (χ2n) is 3.94. The Balaban J connectivity index is 2.74. The molecule has 0 saturated carbocycles. The van der Waals surface area contributed by atoms with E-state index >= 15 is 0 Å². The van der Waals surface area contributed by atoms with Gasteiger partial charge in [0.1, 0.15) is 0 Å². The molecule has 1 heteroatoms. The Hall–Kier alpha value is -1.34. The number of hydrogen-bond acceptors (Lipinski definition) is 1. The van der Waals surface area contributed by atoms with Gasteiger partial charge in [-0.1, -0.05) is 43.3 Å². The largest absolute Gasteiger partial charge is 0.388 e. The van der Waals surface area contributed by atoms with Gasteiger partial charge in [-0.2, -0.15) is 0 Å². The van der Waals surface area contributed by atoms with Crippen LogP contribution in [0.2, 0.25) is 0 Å². The molecule has 0 spiro atoms. The van der Waals surface area contributed by atoms with Crippen LogP contribution in [0.1, 0.15) is 30.6 Å². The Morgan fingerprint density at radius 2 is 1.87 bits per heavy atom. The minimum Gasteiger partial charge on any atom is -0.388 e. The molecule has 15 heavy (non-hydrogen) atoms. The van der Waals surface area contributed by atoms with Gasteiger partial charge in [-0.3, -0.25) is 0 Å². The van der Waals surface area contributed by atoms with E-state index in [4.69, 9.17) is 0 Å². The fraction of sp³-hybridized carbons (Fsp3) is 0.286. The van der Waals surface area contributed by atoms with Gasteiger partial charge >= 0.3 is 0 Å². The van der Waals surface area contributed by atoms with E-state index in [2.05, 4.69) is 31.2 Å². The first kappa shape index (κ1) is 10.2. The molecule has 0 heterocycles. The quantitative estimate of drug-likeness (QED) is 0.785. The third-order valence-electron chi connectivity index (χ3n) is 2.91. The summed E-state index contributed by atoms with van der Waals surface area (Å²) in [5, 5.41) is 12.4. The van der Waals surface area contributed by atoms with Crippen molar-refractivity contribution in [2.75, 3.05) is 0 Å². The van der Waals surface area contributed by atoms with Gasteiger partial charge in [0.05, 0.1) is 6.10 Å². The summed E-state index contributed by atoms with van der Waals surface area (Å²) in [7, 11) is 0. The number of aryl methyl sites for hydroxylation is 1. The van der Waals surface area contributed by atoms with Gasteiger partial charge in [0.25, 0.3) is 0 Å². The summed E-state index contributed by atoms with van der Waals surface area (Å²) >= 11 is 0. The predicted molar refractivity (Wildman–Crippen MR) is 63.9 cm³/mol. The van der Waals surface area contributed by atoms with E-state index in [-0.39, 0.29) is 6.10 Å². The lowest BCUT2D eigenvalue weighted by Crippen LogP contribution is -1.99. The average molecular weight is 200 g/mol. The van der Waals surface area contributed by atoms with Crippen LogP contribution in [-0.4, -0.2) is 5.11 Å². The molecule has 1 nitrogen and oxygen atoms in total. The zero-order valence-electron chi connectivity index (χ0n) is 9.20. The maximum absolute atomic E-state index is 10.0. The molecule has 0 aliphatic rings. The molecule has 0 aromatic heterocycles. The lowest BCUT2D eigenvalue weighted by molar-refractivity contribution is 0.174. The molecular formula is C14H16O. The number of rotatable bonds is 2. The van der Waals surface area contributed by atoms with Crippen LogP contribution in [0, 0.1) is 6.92 Å². The molecule has 0 radical (unpaired) electrons. The summed E-state index contributed by atoms with van der Waals surface area (Å²) in [4.78, 5) is 0. The smallest absolute Gasteiger partial charge is 0.0796 e. The van der Waals surface area contributed by atoms with Crippen LogP contribution in [0.4, 0.5) is 0 Å². The number of aliphatic hydroxyl groups excluding tert-OH is 1. The maximum atomic E-state index is 10.0. The second kappa shape index (κ2) is 4.03. The second-order valence-corrected chi connectivity index (χ2v) is 3.94. The molecule has 0 aliphatic heterocycles. The number of aliphatic hydroxyl groups is 1. The van der Waals surface area contributed by atoms with Gasteiger partial charge in [-0.05, 0) is 35.2 Å². The van der Waals surface area contributed by atoms with Crippen molar-refractivity contribution in [2.45, 2.75) is 26.4 Å². The zero-order chi connectivity index (χ0) is 10.8. The molecule has 0 aliphatic carbocycles. The molecule has 0 amide bonds. The molecule has 0 saturated heterocycles. The van der Waals surface area contributed by atoms with Crippen LogP contribution >= 0.6 is 0 Å². The van der Waals surface area contributed by atoms with Crippen molar-refractivity contribution in [3.8, 4) is 0 Å². The Bertz CT molecular complexity index is 474. The molecule has 2 aromatic carbocycles. The third-order valence-corrected chi connectivity index (χ3v) is 2.91. The maximum Gasteiger partial charge on any atom is 0.0796 e. The first-order valence-corrected chi connectivity index (χ1v) is 5.40. The SMILES string of the molecule is CCC(O)c1c(C)ccc2ccccc12. The van der Waals surface area contributed by atoms with Crippen LogP contribution < -0.4 is 0 Å². The minimum absolute atomic E-state index is 0.351. The molecule has 78 valence electrons.